The molecule has 0 N–H and O–H groups in total. The van der Waals surface area contributed by atoms with Gasteiger partial charge in [0.25, 0.3) is 0 Å². The average molecular weight is 727 g/mol. The number of ether oxygens (including phenoxy) is 1. The van der Waals surface area contributed by atoms with Crippen molar-refractivity contribution in [2.75, 3.05) is 44.3 Å². The van der Waals surface area contributed by atoms with Crippen molar-refractivity contribution in [3.05, 3.63) is 93.2 Å². The van der Waals surface area contributed by atoms with E-state index in [9.17, 15) is 8.42 Å². The summed E-state index contributed by atoms with van der Waals surface area (Å²) in [6.45, 7) is 14.8. The van der Waals surface area contributed by atoms with Gasteiger partial charge in [0.15, 0.2) is 9.84 Å². The summed E-state index contributed by atoms with van der Waals surface area (Å²) >= 11 is 12.8. The van der Waals surface area contributed by atoms with Crippen LogP contribution in [0.4, 0.5) is 4.79 Å². The van der Waals surface area contributed by atoms with E-state index in [1.54, 1.807) is 6.20 Å². The van der Waals surface area contributed by atoms with Crippen LogP contribution < -0.4 is 4.74 Å². The number of aliphatic imine (C=N–C) groups is 1. The molecular weight excluding hydrogens is 681 g/mol. The molecular formula is C37H45Cl2N5O4S. The van der Waals surface area contributed by atoms with Crippen molar-refractivity contribution in [2.24, 2.45) is 4.99 Å². The van der Waals surface area contributed by atoms with E-state index in [1.165, 1.54) is 0 Å². The van der Waals surface area contributed by atoms with Gasteiger partial charge in [0.2, 0.25) is 0 Å². The summed E-state index contributed by atoms with van der Waals surface area (Å²) in [6, 6.07) is 16.9. The lowest BCUT2D eigenvalue weighted by Crippen LogP contribution is -2.61. The number of benzene rings is 2. The first kappa shape index (κ1) is 35.6. The molecule has 262 valence electrons. The van der Waals surface area contributed by atoms with Crippen molar-refractivity contribution >= 4 is 44.9 Å². The van der Waals surface area contributed by atoms with Crippen LogP contribution >= 0.6 is 23.2 Å². The first-order chi connectivity index (χ1) is 23.1. The first-order valence-corrected chi connectivity index (χ1v) is 19.4. The zero-order valence-electron chi connectivity index (χ0n) is 29.0. The topological polar surface area (TPSA) is 95.4 Å². The number of urea groups is 1. The largest absolute Gasteiger partial charge is 0.493 e. The Morgan fingerprint density at radius 2 is 1.55 bits per heavy atom. The molecule has 3 aliphatic rings. The molecule has 2 aromatic carbocycles. The number of hydrogen-bond donors (Lipinski definition) is 0. The Balaban J connectivity index is 1.50. The highest BCUT2D eigenvalue weighted by atomic mass is 35.5. The lowest BCUT2D eigenvalue weighted by atomic mass is 9.71. The standard InChI is InChI=1S/C37H45Cl2N5O4S/c1-7-48-31-22-32(35(2,3)4)40-23-30(31)33-41-36(5,25-8-12-27(38)13-9-25)37(6,26-10-14-28(39)15-11-26)44(33)34(45)43-19-17-42(18-20-43)29-16-21-49(46,47)24-29/h8-15,22-23,29H,7,16-21,24H2,1-6H3/t29-,36-,37+/m0/s1. The fraction of sp³-hybridized carbons (Fsp3) is 0.486. The Bertz CT molecular complexity index is 1850. The zero-order chi connectivity index (χ0) is 35.4. The summed E-state index contributed by atoms with van der Waals surface area (Å²) in [5.74, 6) is 1.46. The van der Waals surface area contributed by atoms with Crippen LogP contribution in [-0.4, -0.2) is 90.3 Å². The van der Waals surface area contributed by atoms with Crippen LogP contribution in [0, 0.1) is 0 Å². The maximum Gasteiger partial charge on any atom is 0.326 e. The second-order valence-electron chi connectivity index (χ2n) is 14.5. The zero-order valence-corrected chi connectivity index (χ0v) is 31.4. The van der Waals surface area contributed by atoms with Crippen LogP contribution in [-0.2, 0) is 26.3 Å². The van der Waals surface area contributed by atoms with Gasteiger partial charge in [0.1, 0.15) is 22.7 Å². The van der Waals surface area contributed by atoms with Crippen molar-refractivity contribution in [1.29, 1.82) is 0 Å². The molecule has 2 saturated heterocycles. The number of pyridine rings is 1. The number of piperazine rings is 1. The molecule has 2 fully saturated rings. The van der Waals surface area contributed by atoms with E-state index in [0.29, 0.717) is 66.4 Å². The Morgan fingerprint density at radius 1 is 0.959 bits per heavy atom. The van der Waals surface area contributed by atoms with Gasteiger partial charge in [-0.3, -0.25) is 19.8 Å². The van der Waals surface area contributed by atoms with Crippen molar-refractivity contribution in [1.82, 2.24) is 19.7 Å². The van der Waals surface area contributed by atoms with E-state index < -0.39 is 20.9 Å². The minimum absolute atomic E-state index is 0.0140. The molecule has 3 aliphatic heterocycles. The number of hydrogen-bond acceptors (Lipinski definition) is 7. The summed E-state index contributed by atoms with van der Waals surface area (Å²) in [5.41, 5.74) is 0.965. The molecule has 0 unspecified atom stereocenters. The van der Waals surface area contributed by atoms with Gasteiger partial charge >= 0.3 is 6.03 Å². The number of nitrogens with zero attached hydrogens (tertiary/aromatic N) is 5. The summed E-state index contributed by atoms with van der Waals surface area (Å²) in [6.07, 6.45) is 2.41. The molecule has 49 heavy (non-hydrogen) atoms. The third kappa shape index (κ3) is 6.57. The molecule has 1 aromatic heterocycles. The van der Waals surface area contributed by atoms with Crippen LogP contribution in [0.25, 0.3) is 0 Å². The number of aromatic nitrogens is 1. The summed E-state index contributed by atoms with van der Waals surface area (Å²) in [7, 11) is -3.02. The molecule has 3 atom stereocenters. The van der Waals surface area contributed by atoms with E-state index in [0.717, 1.165) is 16.8 Å². The van der Waals surface area contributed by atoms with E-state index >= 15 is 4.79 Å². The van der Waals surface area contributed by atoms with Crippen LogP contribution in [0.2, 0.25) is 10.0 Å². The van der Waals surface area contributed by atoms with Gasteiger partial charge in [-0.15, -0.1) is 0 Å². The minimum atomic E-state index is -3.02. The van der Waals surface area contributed by atoms with Crippen LogP contribution in [0.3, 0.4) is 0 Å². The van der Waals surface area contributed by atoms with Gasteiger partial charge in [0.05, 0.1) is 23.7 Å². The number of carbonyl (C=O) groups is 1. The maximum atomic E-state index is 15.2. The summed E-state index contributed by atoms with van der Waals surface area (Å²) < 4.78 is 30.7. The smallest absolute Gasteiger partial charge is 0.326 e. The van der Waals surface area contributed by atoms with Crippen molar-refractivity contribution < 1.29 is 17.9 Å². The molecule has 9 nitrogen and oxygen atoms in total. The summed E-state index contributed by atoms with van der Waals surface area (Å²) in [4.78, 5) is 31.4. The summed E-state index contributed by atoms with van der Waals surface area (Å²) in [5, 5.41) is 1.19. The predicted molar refractivity (Wildman–Crippen MR) is 196 cm³/mol. The molecule has 2 amide bonds. The van der Waals surface area contributed by atoms with E-state index in [2.05, 4.69) is 32.6 Å². The fourth-order valence-electron chi connectivity index (χ4n) is 7.34. The Hall–Kier alpha value is -3.18. The monoisotopic (exact) mass is 725 g/mol. The number of amides is 2. The number of carbonyl (C=O) groups excluding carboxylic acids is 1. The normalized spacial score (nSPS) is 25.8. The molecule has 4 heterocycles. The highest BCUT2D eigenvalue weighted by Crippen LogP contribution is 2.54. The van der Waals surface area contributed by atoms with Crippen LogP contribution in [0.5, 0.6) is 5.75 Å². The van der Waals surface area contributed by atoms with Gasteiger partial charge < -0.3 is 9.64 Å². The van der Waals surface area contributed by atoms with E-state index in [1.807, 2.05) is 78.2 Å². The van der Waals surface area contributed by atoms with Gasteiger partial charge in [0, 0.05) is 65.6 Å². The predicted octanol–water partition coefficient (Wildman–Crippen LogP) is 6.90. The number of rotatable bonds is 6. The van der Waals surface area contributed by atoms with Gasteiger partial charge in [-0.05, 0) is 62.6 Å². The molecule has 3 aromatic rings. The van der Waals surface area contributed by atoms with Gasteiger partial charge in [-0.2, -0.15) is 0 Å². The third-order valence-corrected chi connectivity index (χ3v) is 12.7. The second kappa shape index (κ2) is 13.2. The minimum Gasteiger partial charge on any atom is -0.493 e. The average Bonchev–Trinajstić information content (AvgIpc) is 3.55. The van der Waals surface area contributed by atoms with Crippen molar-refractivity contribution in [2.45, 2.75) is 70.5 Å². The van der Waals surface area contributed by atoms with E-state index in [4.69, 9.17) is 37.9 Å². The number of amidine groups is 1. The highest BCUT2D eigenvalue weighted by molar-refractivity contribution is 7.91. The molecule has 0 radical (unpaired) electrons. The Labute approximate surface area is 300 Å². The molecule has 0 aliphatic carbocycles. The quantitative estimate of drug-likeness (QED) is 0.274. The molecule has 6 rings (SSSR count). The molecule has 12 heteroatoms. The Morgan fingerprint density at radius 3 is 2.08 bits per heavy atom. The van der Waals surface area contributed by atoms with Crippen LogP contribution in [0.15, 0.2) is 65.8 Å². The number of sulfone groups is 1. The molecule has 0 bridgehead atoms. The van der Waals surface area contributed by atoms with Crippen LogP contribution in [0.1, 0.15) is 70.3 Å². The Kier molecular flexibility index (Phi) is 9.58. The van der Waals surface area contributed by atoms with Gasteiger partial charge in [-0.1, -0.05) is 68.2 Å². The molecule has 0 spiro atoms. The van der Waals surface area contributed by atoms with E-state index in [-0.39, 0.29) is 29.0 Å². The molecule has 0 saturated carbocycles. The maximum absolute atomic E-state index is 15.2. The fourth-order valence-corrected chi connectivity index (χ4v) is 9.35. The van der Waals surface area contributed by atoms with Crippen molar-refractivity contribution in [3.63, 3.8) is 0 Å². The lowest BCUT2D eigenvalue weighted by molar-refractivity contribution is 0.0776. The highest BCUT2D eigenvalue weighted by Gasteiger charge is 2.60. The second-order valence-corrected chi connectivity index (χ2v) is 17.6. The number of halogens is 2. The van der Waals surface area contributed by atoms with Crippen molar-refractivity contribution in [3.8, 4) is 5.75 Å². The lowest BCUT2D eigenvalue weighted by Gasteiger charge is -2.47. The first-order valence-electron chi connectivity index (χ1n) is 16.9. The third-order valence-electron chi connectivity index (χ3n) is 10.4. The van der Waals surface area contributed by atoms with Gasteiger partial charge in [-0.25, -0.2) is 13.2 Å². The SMILES string of the molecule is CCOc1cc(C(C)(C)C)ncc1C1=N[C@@](C)(c2ccc(Cl)cc2)[C@@](C)(c2ccc(Cl)cc2)N1C(=O)N1CCN([C@H]2CCS(=O)(=O)C2)CC1.